The summed E-state index contributed by atoms with van der Waals surface area (Å²) >= 11 is 0. The summed E-state index contributed by atoms with van der Waals surface area (Å²) in [7, 11) is -1.20. The first-order valence-electron chi connectivity index (χ1n) is 9.47. The minimum Gasteiger partial charge on any atom is -0.480 e. The van der Waals surface area contributed by atoms with Crippen molar-refractivity contribution in [2.24, 2.45) is 15.1 Å². The number of alkyl halides is 3. The molecule has 0 saturated carbocycles. The first-order valence-corrected chi connectivity index (χ1v) is 11.1. The van der Waals surface area contributed by atoms with Gasteiger partial charge in [0.15, 0.2) is 0 Å². The van der Waals surface area contributed by atoms with E-state index in [9.17, 15) is 26.6 Å². The molecule has 3 rings (SSSR count). The summed E-state index contributed by atoms with van der Waals surface area (Å²) in [5.74, 6) is -2.59. The van der Waals surface area contributed by atoms with E-state index in [1.807, 2.05) is 0 Å². The molecule has 0 saturated heterocycles. The Morgan fingerprint density at radius 1 is 1.35 bits per heavy atom. The monoisotopic (exact) mass is 504 g/mol. The van der Waals surface area contributed by atoms with Gasteiger partial charge in [0.05, 0.1) is 25.3 Å². The van der Waals surface area contributed by atoms with Crippen molar-refractivity contribution in [2.45, 2.75) is 18.6 Å². The minimum atomic E-state index is -4.71. The molecule has 0 aromatic carbocycles. The fourth-order valence-corrected chi connectivity index (χ4v) is 5.07. The van der Waals surface area contributed by atoms with Crippen LogP contribution in [-0.4, -0.2) is 68.0 Å². The third-order valence-corrected chi connectivity index (χ3v) is 7.21. The molecule has 1 unspecified atom stereocenters. The van der Waals surface area contributed by atoms with Crippen LogP contribution in [0.15, 0.2) is 33.9 Å². The summed E-state index contributed by atoms with van der Waals surface area (Å²) in [6.07, 6.45) is -2.33. The zero-order valence-electron chi connectivity index (χ0n) is 18.1. The molecule has 2 aromatic rings. The Bertz CT molecular complexity index is 1240. The number of hydrogen-bond donors (Lipinski definition) is 2. The Labute approximate surface area is 191 Å². The molecule has 2 atom stereocenters. The topological polar surface area (TPSA) is 148 Å². The van der Waals surface area contributed by atoms with Crippen molar-refractivity contribution in [1.29, 1.82) is 0 Å². The standard InChI is InChI=1S/C18H20F4N8O3S/c1-17(9-34(32,26-8-18(20,21)22)30(2)16(23)29-17)14-10(19)4-5-12(27-14)28-15(31)11-6-25-13(33-3)7-24-11/h4-7H,8-9H2,1-3H3,(H2,23,29)(H,27,28,31)/t17-,34?/m0/s1. The number of amides is 1. The second-order valence-corrected chi connectivity index (χ2v) is 9.63. The molecule has 1 amide bonds. The highest BCUT2D eigenvalue weighted by Crippen LogP contribution is 2.34. The summed E-state index contributed by atoms with van der Waals surface area (Å²) in [6, 6.07) is 2.13. The van der Waals surface area contributed by atoms with Crippen LogP contribution in [0.4, 0.5) is 23.4 Å². The van der Waals surface area contributed by atoms with Gasteiger partial charge in [-0.3, -0.25) is 9.10 Å². The fraction of sp³-hybridized carbons (Fsp3) is 0.389. The number of rotatable bonds is 5. The highest BCUT2D eigenvalue weighted by Gasteiger charge is 2.42. The van der Waals surface area contributed by atoms with Crippen LogP contribution >= 0.6 is 0 Å². The van der Waals surface area contributed by atoms with E-state index < -0.39 is 57.3 Å². The predicted molar refractivity (Wildman–Crippen MR) is 114 cm³/mol. The smallest absolute Gasteiger partial charge is 0.408 e. The van der Waals surface area contributed by atoms with Crippen molar-refractivity contribution in [3.63, 3.8) is 0 Å². The molecule has 3 N–H and O–H groups in total. The number of nitrogens with one attached hydrogen (secondary N) is 1. The van der Waals surface area contributed by atoms with Crippen molar-refractivity contribution >= 4 is 27.6 Å². The molecule has 0 aliphatic carbocycles. The normalized spacial score (nSPS) is 22.7. The molecule has 184 valence electrons. The van der Waals surface area contributed by atoms with E-state index in [-0.39, 0.29) is 17.4 Å². The van der Waals surface area contributed by atoms with E-state index in [2.05, 4.69) is 29.6 Å². The summed E-state index contributed by atoms with van der Waals surface area (Å²) < 4.78 is 75.1. The SMILES string of the molecule is COc1cnc(C(=O)Nc2ccc(F)c([C@]3(C)CS(=O)(=NCC(F)(F)F)N(C)C(N)=N3)n2)cn1. The molecule has 11 nitrogen and oxygen atoms in total. The van der Waals surface area contributed by atoms with E-state index in [1.165, 1.54) is 27.3 Å². The van der Waals surface area contributed by atoms with Crippen LogP contribution in [0.3, 0.4) is 0 Å². The Morgan fingerprint density at radius 2 is 2.06 bits per heavy atom. The van der Waals surface area contributed by atoms with Gasteiger partial charge in [-0.25, -0.2) is 32.9 Å². The number of aromatic nitrogens is 3. The largest absolute Gasteiger partial charge is 0.480 e. The molecule has 1 aliphatic rings. The van der Waals surface area contributed by atoms with Gasteiger partial charge in [0.1, 0.15) is 45.0 Å². The molecule has 0 radical (unpaired) electrons. The van der Waals surface area contributed by atoms with Crippen LogP contribution in [0.1, 0.15) is 23.1 Å². The zero-order valence-corrected chi connectivity index (χ0v) is 18.9. The van der Waals surface area contributed by atoms with Crippen LogP contribution in [0.2, 0.25) is 0 Å². The highest BCUT2D eigenvalue weighted by atomic mass is 32.2. The number of carbonyl (C=O) groups excluding carboxylic acids is 1. The number of pyridine rings is 1. The molecule has 34 heavy (non-hydrogen) atoms. The number of carbonyl (C=O) groups is 1. The van der Waals surface area contributed by atoms with Gasteiger partial charge in [0.2, 0.25) is 11.8 Å². The number of hydrogen-bond acceptors (Lipinski definition) is 9. The lowest BCUT2D eigenvalue weighted by atomic mass is 10.00. The van der Waals surface area contributed by atoms with Crippen LogP contribution in [0, 0.1) is 5.82 Å². The van der Waals surface area contributed by atoms with Crippen molar-refractivity contribution < 1.29 is 31.3 Å². The molecule has 16 heteroatoms. The van der Waals surface area contributed by atoms with E-state index in [4.69, 9.17) is 10.5 Å². The Kier molecular flexibility index (Phi) is 6.64. The highest BCUT2D eigenvalue weighted by molar-refractivity contribution is 7.92. The lowest BCUT2D eigenvalue weighted by molar-refractivity contribution is -0.117. The maximum atomic E-state index is 14.8. The Morgan fingerprint density at radius 3 is 2.65 bits per heavy atom. The first kappa shape index (κ1) is 25.1. The van der Waals surface area contributed by atoms with Gasteiger partial charge in [-0.2, -0.15) is 13.2 Å². The maximum absolute atomic E-state index is 14.8. The number of nitrogens with zero attached hydrogens (tertiary/aromatic N) is 6. The number of guanidine groups is 1. The van der Waals surface area contributed by atoms with E-state index in [1.54, 1.807) is 0 Å². The number of anilines is 1. The summed E-state index contributed by atoms with van der Waals surface area (Å²) in [4.78, 5) is 28.3. The van der Waals surface area contributed by atoms with Crippen LogP contribution in [-0.2, 0) is 15.5 Å². The second kappa shape index (κ2) is 9.00. The van der Waals surface area contributed by atoms with Gasteiger partial charge in [-0.05, 0) is 19.1 Å². The van der Waals surface area contributed by atoms with Gasteiger partial charge in [-0.1, -0.05) is 0 Å². The van der Waals surface area contributed by atoms with Crippen LogP contribution in [0.25, 0.3) is 0 Å². The summed E-state index contributed by atoms with van der Waals surface area (Å²) in [5.41, 5.74) is 3.56. The molecule has 1 aliphatic heterocycles. The van der Waals surface area contributed by atoms with Crippen molar-refractivity contribution in [3.05, 3.63) is 41.7 Å². The number of aliphatic imine (C=N–C) groups is 1. The maximum Gasteiger partial charge on any atom is 0.408 e. The van der Waals surface area contributed by atoms with Gasteiger partial charge < -0.3 is 15.8 Å². The zero-order chi connectivity index (χ0) is 25.3. The molecule has 2 aromatic heterocycles. The molecule has 0 spiro atoms. The molecule has 0 bridgehead atoms. The lowest BCUT2D eigenvalue weighted by Crippen LogP contribution is -2.51. The lowest BCUT2D eigenvalue weighted by Gasteiger charge is -2.36. The van der Waals surface area contributed by atoms with Gasteiger partial charge in [0, 0.05) is 7.05 Å². The third kappa shape index (κ3) is 5.32. The number of methoxy groups -OCH3 is 1. The van der Waals surface area contributed by atoms with E-state index in [0.717, 1.165) is 22.6 Å². The Balaban J connectivity index is 1.96. The first-order chi connectivity index (χ1) is 15.8. The third-order valence-electron chi connectivity index (χ3n) is 4.69. The molecular weight excluding hydrogens is 484 g/mol. The quantitative estimate of drug-likeness (QED) is 0.589. The van der Waals surface area contributed by atoms with Gasteiger partial charge >= 0.3 is 6.18 Å². The number of nitrogens with two attached hydrogens (primary N) is 1. The van der Waals surface area contributed by atoms with Crippen molar-refractivity contribution in [1.82, 2.24) is 19.3 Å². The van der Waals surface area contributed by atoms with Gasteiger partial charge in [0.25, 0.3) is 5.91 Å². The van der Waals surface area contributed by atoms with Crippen LogP contribution in [0.5, 0.6) is 5.88 Å². The van der Waals surface area contributed by atoms with Crippen molar-refractivity contribution in [3.8, 4) is 5.88 Å². The van der Waals surface area contributed by atoms with Gasteiger partial charge in [-0.15, -0.1) is 0 Å². The van der Waals surface area contributed by atoms with E-state index >= 15 is 0 Å². The van der Waals surface area contributed by atoms with Crippen LogP contribution < -0.4 is 15.8 Å². The summed E-state index contributed by atoms with van der Waals surface area (Å²) in [5, 5.41) is 2.41. The number of halogens is 4. The van der Waals surface area contributed by atoms with Crippen molar-refractivity contribution in [2.75, 3.05) is 31.8 Å². The molecular formula is C18H20F4N8O3S. The Hall–Kier alpha value is -3.56. The minimum absolute atomic E-state index is 0.0878. The summed E-state index contributed by atoms with van der Waals surface area (Å²) in [6.45, 7) is -0.379. The average Bonchev–Trinajstić information content (AvgIpc) is 2.77. The molecule has 0 fully saturated rings. The molecule has 3 heterocycles. The average molecular weight is 504 g/mol. The number of ether oxygens (including phenoxy) is 1. The van der Waals surface area contributed by atoms with E-state index in [0.29, 0.717) is 0 Å². The predicted octanol–water partition coefficient (Wildman–Crippen LogP) is 1.69. The fourth-order valence-electron chi connectivity index (χ4n) is 3.00. The second-order valence-electron chi connectivity index (χ2n) is 7.32.